The highest BCUT2D eigenvalue weighted by Gasteiger charge is 2.42. The predicted molar refractivity (Wildman–Crippen MR) is 74.4 cm³/mol. The summed E-state index contributed by atoms with van der Waals surface area (Å²) in [6, 6.07) is -1.81. The Morgan fingerprint density at radius 1 is 1.50 bits per heavy atom. The molecule has 0 aromatic rings. The Labute approximate surface area is 121 Å². The molecule has 2 aliphatic rings. The Balaban J connectivity index is 2.06. The zero-order valence-electron chi connectivity index (χ0n) is 11.5. The first-order valence-corrected chi connectivity index (χ1v) is 7.68. The van der Waals surface area contributed by atoms with E-state index >= 15 is 0 Å². The summed E-state index contributed by atoms with van der Waals surface area (Å²) >= 11 is 1.46. The van der Waals surface area contributed by atoms with Crippen LogP contribution >= 0.6 is 11.8 Å². The molecule has 3 unspecified atom stereocenters. The lowest BCUT2D eigenvalue weighted by Crippen LogP contribution is -2.53. The van der Waals surface area contributed by atoms with E-state index in [1.54, 1.807) is 11.9 Å². The molecule has 3 atom stereocenters. The maximum Gasteiger partial charge on any atom is 0.327 e. The van der Waals surface area contributed by atoms with E-state index in [0.29, 0.717) is 25.1 Å². The lowest BCUT2D eigenvalue weighted by molar-refractivity contribution is -0.141. The second-order valence-electron chi connectivity index (χ2n) is 5.01. The van der Waals surface area contributed by atoms with E-state index < -0.39 is 24.1 Å². The van der Waals surface area contributed by atoms with Gasteiger partial charge >= 0.3 is 12.0 Å². The van der Waals surface area contributed by atoms with Gasteiger partial charge in [0.15, 0.2) is 0 Å². The van der Waals surface area contributed by atoms with Crippen LogP contribution in [-0.2, 0) is 9.59 Å². The quantitative estimate of drug-likeness (QED) is 0.775. The summed E-state index contributed by atoms with van der Waals surface area (Å²) in [6.45, 7) is 2.52. The lowest BCUT2D eigenvalue weighted by Gasteiger charge is -2.28. The van der Waals surface area contributed by atoms with E-state index in [-0.39, 0.29) is 11.3 Å². The summed E-state index contributed by atoms with van der Waals surface area (Å²) in [7, 11) is 1.69. The van der Waals surface area contributed by atoms with Gasteiger partial charge in [0.25, 0.3) is 0 Å². The highest BCUT2D eigenvalue weighted by Crippen LogP contribution is 2.31. The number of carboxylic acid groups (broad SMARTS) is 1. The molecule has 2 rings (SSSR count). The van der Waals surface area contributed by atoms with Gasteiger partial charge < -0.3 is 15.3 Å². The third kappa shape index (κ3) is 2.70. The number of likely N-dealkylation sites (N-methyl/N-ethyl adjacent to an activating group) is 1. The predicted octanol–water partition coefficient (Wildman–Crippen LogP) is 0.165. The first kappa shape index (κ1) is 15.0. The van der Waals surface area contributed by atoms with Crippen LogP contribution in [0, 0.1) is 0 Å². The minimum Gasteiger partial charge on any atom is -0.480 e. The summed E-state index contributed by atoms with van der Waals surface area (Å²) in [5.41, 5.74) is 0. The third-order valence-electron chi connectivity index (χ3n) is 3.69. The number of carbonyl (C=O) groups is 3. The molecule has 0 spiro atoms. The number of nitrogens with zero attached hydrogens (tertiary/aromatic N) is 2. The largest absolute Gasteiger partial charge is 0.480 e. The van der Waals surface area contributed by atoms with Gasteiger partial charge in [0, 0.05) is 19.3 Å². The van der Waals surface area contributed by atoms with Gasteiger partial charge in [-0.1, -0.05) is 6.92 Å². The van der Waals surface area contributed by atoms with Gasteiger partial charge in [0.1, 0.15) is 12.1 Å². The van der Waals surface area contributed by atoms with Crippen LogP contribution in [0.25, 0.3) is 0 Å². The van der Waals surface area contributed by atoms with Crippen molar-refractivity contribution in [2.24, 2.45) is 0 Å². The van der Waals surface area contributed by atoms with Gasteiger partial charge in [-0.2, -0.15) is 0 Å². The van der Waals surface area contributed by atoms with Crippen molar-refractivity contribution in [1.29, 1.82) is 0 Å². The molecule has 0 saturated carbocycles. The van der Waals surface area contributed by atoms with Crippen LogP contribution in [0.15, 0.2) is 0 Å². The highest BCUT2D eigenvalue weighted by molar-refractivity contribution is 8.00. The Morgan fingerprint density at radius 2 is 2.20 bits per heavy atom. The van der Waals surface area contributed by atoms with Gasteiger partial charge in [-0.15, -0.1) is 11.8 Å². The number of urea groups is 1. The topological polar surface area (TPSA) is 89.9 Å². The van der Waals surface area contributed by atoms with E-state index in [2.05, 4.69) is 5.32 Å². The molecular formula is C12H19N3O4S. The Hall–Kier alpha value is -1.44. The molecule has 2 aliphatic heterocycles. The monoisotopic (exact) mass is 301 g/mol. The number of hydrogen-bond donors (Lipinski definition) is 2. The zero-order valence-corrected chi connectivity index (χ0v) is 12.4. The molecule has 0 aromatic carbocycles. The summed E-state index contributed by atoms with van der Waals surface area (Å²) in [6.07, 6.45) is 1.25. The van der Waals surface area contributed by atoms with Crippen LogP contribution in [-0.4, -0.2) is 69.6 Å². The van der Waals surface area contributed by atoms with E-state index in [1.807, 2.05) is 6.92 Å². The van der Waals surface area contributed by atoms with Gasteiger partial charge in [-0.3, -0.25) is 9.69 Å². The van der Waals surface area contributed by atoms with E-state index in [0.717, 1.165) is 0 Å². The SMILES string of the molecule is CCC1SCC(C(=O)O)N1C(=O)NC1CCN(C)C1=O. The van der Waals surface area contributed by atoms with Crippen LogP contribution in [0.4, 0.5) is 4.79 Å². The van der Waals surface area contributed by atoms with E-state index in [9.17, 15) is 19.5 Å². The Morgan fingerprint density at radius 3 is 2.70 bits per heavy atom. The van der Waals surface area contributed by atoms with Crippen molar-refractivity contribution < 1.29 is 19.5 Å². The molecule has 0 radical (unpaired) electrons. The Kier molecular flexibility index (Phi) is 4.42. The number of aliphatic carboxylic acids is 1. The second kappa shape index (κ2) is 5.90. The van der Waals surface area contributed by atoms with Crippen LogP contribution < -0.4 is 5.32 Å². The van der Waals surface area contributed by atoms with Gasteiger partial charge in [0.05, 0.1) is 5.37 Å². The fraction of sp³-hybridized carbons (Fsp3) is 0.750. The molecule has 7 nitrogen and oxygen atoms in total. The van der Waals surface area contributed by atoms with Crippen molar-refractivity contribution in [1.82, 2.24) is 15.1 Å². The van der Waals surface area contributed by atoms with Crippen LogP contribution in [0.3, 0.4) is 0 Å². The molecule has 20 heavy (non-hydrogen) atoms. The summed E-state index contributed by atoms with van der Waals surface area (Å²) in [5.74, 6) is -0.733. The molecular weight excluding hydrogens is 282 g/mol. The van der Waals surface area contributed by atoms with Crippen LogP contribution in [0.5, 0.6) is 0 Å². The number of rotatable bonds is 3. The molecule has 2 saturated heterocycles. The average Bonchev–Trinajstić information content (AvgIpc) is 2.97. The van der Waals surface area contributed by atoms with E-state index in [4.69, 9.17) is 0 Å². The van der Waals surface area contributed by atoms with Crippen molar-refractivity contribution in [3.05, 3.63) is 0 Å². The molecule has 3 amide bonds. The highest BCUT2D eigenvalue weighted by atomic mass is 32.2. The first-order chi connectivity index (χ1) is 9.45. The molecule has 2 heterocycles. The second-order valence-corrected chi connectivity index (χ2v) is 6.22. The molecule has 2 fully saturated rings. The van der Waals surface area contributed by atoms with Crippen molar-refractivity contribution in [3.63, 3.8) is 0 Å². The van der Waals surface area contributed by atoms with Gasteiger partial charge in [0.2, 0.25) is 5.91 Å². The van der Waals surface area contributed by atoms with Crippen molar-refractivity contribution in [2.45, 2.75) is 37.2 Å². The van der Waals surface area contributed by atoms with Crippen molar-refractivity contribution in [3.8, 4) is 0 Å². The van der Waals surface area contributed by atoms with Crippen LogP contribution in [0.2, 0.25) is 0 Å². The number of thioether (sulfide) groups is 1. The maximum atomic E-state index is 12.3. The molecule has 2 N–H and O–H groups in total. The number of carboxylic acids is 1. The normalized spacial score (nSPS) is 29.9. The maximum absolute atomic E-state index is 12.3. The number of hydrogen-bond acceptors (Lipinski definition) is 4. The number of nitrogens with one attached hydrogen (secondary N) is 1. The minimum absolute atomic E-state index is 0.120. The molecule has 0 aromatic heterocycles. The number of carbonyl (C=O) groups excluding carboxylic acids is 2. The molecule has 8 heteroatoms. The first-order valence-electron chi connectivity index (χ1n) is 6.64. The van der Waals surface area contributed by atoms with E-state index in [1.165, 1.54) is 16.7 Å². The minimum atomic E-state index is -1.00. The zero-order chi connectivity index (χ0) is 14.9. The number of amides is 3. The van der Waals surface area contributed by atoms with Gasteiger partial charge in [-0.05, 0) is 12.8 Å². The summed E-state index contributed by atoms with van der Waals surface area (Å²) in [5, 5.41) is 11.7. The summed E-state index contributed by atoms with van der Waals surface area (Å²) in [4.78, 5) is 38.2. The fourth-order valence-electron chi connectivity index (χ4n) is 2.52. The summed E-state index contributed by atoms with van der Waals surface area (Å²) < 4.78 is 0. The standard InChI is InChI=1S/C12H19N3O4S/c1-3-9-15(8(6-20-9)11(17)18)12(19)13-7-4-5-14(2)10(7)16/h7-9H,3-6H2,1-2H3,(H,13,19)(H,17,18). The molecule has 112 valence electrons. The smallest absolute Gasteiger partial charge is 0.327 e. The number of likely N-dealkylation sites (tertiary alicyclic amines) is 1. The Bertz CT molecular complexity index is 431. The van der Waals surface area contributed by atoms with Crippen LogP contribution in [0.1, 0.15) is 19.8 Å². The third-order valence-corrected chi connectivity index (χ3v) is 5.14. The lowest BCUT2D eigenvalue weighted by atomic mass is 10.2. The molecule has 0 bridgehead atoms. The fourth-order valence-corrected chi connectivity index (χ4v) is 3.87. The molecule has 0 aliphatic carbocycles. The average molecular weight is 301 g/mol. The van der Waals surface area contributed by atoms with Crippen molar-refractivity contribution >= 4 is 29.7 Å². The van der Waals surface area contributed by atoms with Gasteiger partial charge in [-0.25, -0.2) is 9.59 Å². The van der Waals surface area contributed by atoms with Crippen molar-refractivity contribution in [2.75, 3.05) is 19.3 Å².